The molecule has 3 aliphatic rings. The molecule has 0 aliphatic carbocycles. The van der Waals surface area contributed by atoms with Crippen LogP contribution in [0.2, 0.25) is 0 Å². The highest BCUT2D eigenvalue weighted by Crippen LogP contribution is 2.42. The monoisotopic (exact) mass is 910 g/mol. The number of likely N-dealkylation sites (tertiary alicyclic amines) is 1. The highest BCUT2D eigenvalue weighted by molar-refractivity contribution is 7.92. The number of hydrogen-bond acceptors (Lipinski definition) is 12. The van der Waals surface area contributed by atoms with Crippen molar-refractivity contribution in [3.05, 3.63) is 83.5 Å². The van der Waals surface area contributed by atoms with E-state index in [9.17, 15) is 22.8 Å². The Labute approximate surface area is 377 Å². The fraction of sp³-hybridized carbons (Fsp3) is 0.457. The van der Waals surface area contributed by atoms with E-state index in [0.717, 1.165) is 48.6 Å². The molecule has 0 spiro atoms. The molecule has 3 aromatic heterocycles. The summed E-state index contributed by atoms with van der Waals surface area (Å²) in [7, 11) is -3.72. The number of carbonyl (C=O) groups excluding carboxylic acids is 3. The van der Waals surface area contributed by atoms with Gasteiger partial charge in [0.15, 0.2) is 5.82 Å². The molecule has 2 aromatic carbocycles. The first-order valence-electron chi connectivity index (χ1n) is 22.0. The topological polar surface area (TPSA) is 184 Å². The van der Waals surface area contributed by atoms with Gasteiger partial charge in [0, 0.05) is 74.6 Å². The van der Waals surface area contributed by atoms with E-state index in [1.54, 1.807) is 37.5 Å². The maximum absolute atomic E-state index is 16.1. The lowest BCUT2D eigenvalue weighted by atomic mass is 9.90. The van der Waals surface area contributed by atoms with Crippen LogP contribution >= 0.6 is 11.3 Å². The summed E-state index contributed by atoms with van der Waals surface area (Å²) in [5.74, 6) is -0.392. The second kappa shape index (κ2) is 18.8. The third-order valence-corrected chi connectivity index (χ3v) is 15.1. The molecule has 338 valence electrons. The number of aromatic nitrogens is 5. The van der Waals surface area contributed by atoms with Gasteiger partial charge < -0.3 is 15.1 Å². The van der Waals surface area contributed by atoms with Crippen molar-refractivity contribution in [3.8, 4) is 21.8 Å². The molecule has 3 amide bonds. The number of anilines is 4. The Kier molecular flexibility index (Phi) is 13.1. The van der Waals surface area contributed by atoms with Crippen molar-refractivity contribution >= 4 is 62.1 Å². The number of imide groups is 1. The van der Waals surface area contributed by atoms with Crippen LogP contribution in [0.4, 0.5) is 27.4 Å². The average Bonchev–Trinajstić information content (AvgIpc) is 4.03. The van der Waals surface area contributed by atoms with E-state index in [2.05, 4.69) is 30.3 Å². The van der Waals surface area contributed by atoms with Gasteiger partial charge >= 0.3 is 0 Å². The molecule has 8 rings (SSSR count). The summed E-state index contributed by atoms with van der Waals surface area (Å²) in [6, 6.07) is 14.4. The molecule has 3 fully saturated rings. The quantitative estimate of drug-likeness (QED) is 0.0940. The highest BCUT2D eigenvalue weighted by Gasteiger charge is 2.31. The Balaban J connectivity index is 0.846. The number of hydrogen-bond donors (Lipinski definition) is 3. The first-order valence-corrected chi connectivity index (χ1v) is 24.5. The number of rotatable bonds is 14. The van der Waals surface area contributed by atoms with Crippen LogP contribution in [-0.4, -0.2) is 87.7 Å². The maximum Gasteiger partial charge on any atom is 0.234 e. The van der Waals surface area contributed by atoms with Crippen LogP contribution in [0.5, 0.6) is 0 Å². The predicted octanol–water partition coefficient (Wildman–Crippen LogP) is 7.47. The Morgan fingerprint density at radius 2 is 1.75 bits per heavy atom. The number of halogens is 1. The molecule has 0 radical (unpaired) electrons. The van der Waals surface area contributed by atoms with Gasteiger partial charge in [-0.15, -0.1) is 11.3 Å². The fourth-order valence-corrected chi connectivity index (χ4v) is 10.9. The second-order valence-electron chi connectivity index (χ2n) is 18.1. The number of nitrogens with zero attached hydrogens (tertiary/aromatic N) is 7. The van der Waals surface area contributed by atoms with E-state index in [0.29, 0.717) is 79.1 Å². The Morgan fingerprint density at radius 3 is 2.48 bits per heavy atom. The van der Waals surface area contributed by atoms with Crippen molar-refractivity contribution in [1.29, 1.82) is 0 Å². The van der Waals surface area contributed by atoms with E-state index in [1.165, 1.54) is 17.4 Å². The zero-order valence-corrected chi connectivity index (χ0v) is 38.3. The summed E-state index contributed by atoms with van der Waals surface area (Å²) in [5, 5.41) is 11.1. The second-order valence-corrected chi connectivity index (χ2v) is 20.9. The number of amides is 3. The van der Waals surface area contributed by atoms with Crippen LogP contribution in [0.3, 0.4) is 0 Å². The lowest BCUT2D eigenvalue weighted by molar-refractivity contribution is -0.135. The van der Waals surface area contributed by atoms with Crippen molar-refractivity contribution in [3.63, 3.8) is 0 Å². The average molecular weight is 911 g/mol. The van der Waals surface area contributed by atoms with Crippen molar-refractivity contribution < 1.29 is 27.2 Å². The molecule has 5 aromatic rings. The van der Waals surface area contributed by atoms with E-state index in [1.807, 2.05) is 60.8 Å². The standard InChI is InChI=1S/C46H55FN10O5S2/c1-5-23-64(61,62)54-36-8-6-7-35(40(36)47)41-42(63-44(53-41)46(2,3)4)37-15-19-48-45(51-37)50-32-25-49-57(28-32)27-29-16-20-55(21-17-29)39(59)24-30-18-22-56(26-30)33-11-9-31(10-12-33)34-13-14-38(58)52-43(34)60/h6-12,15,19,25,28-30,34,54H,5,13-14,16-18,20-24,26-27H2,1-4H3,(H,48,50,51)(H,52,58,60)/t30-,34?/m1/s1. The summed E-state index contributed by atoms with van der Waals surface area (Å²) < 4.78 is 45.4. The van der Waals surface area contributed by atoms with Crippen LogP contribution in [0, 0.1) is 17.7 Å². The van der Waals surface area contributed by atoms with Gasteiger partial charge in [-0.3, -0.25) is 29.1 Å². The van der Waals surface area contributed by atoms with Crippen molar-refractivity contribution in [2.45, 2.75) is 90.5 Å². The van der Waals surface area contributed by atoms with Crippen molar-refractivity contribution in [2.24, 2.45) is 11.8 Å². The van der Waals surface area contributed by atoms with E-state index < -0.39 is 15.8 Å². The van der Waals surface area contributed by atoms with Gasteiger partial charge in [0.25, 0.3) is 0 Å². The number of nitrogens with one attached hydrogen (secondary N) is 3. The van der Waals surface area contributed by atoms with Gasteiger partial charge in [0.2, 0.25) is 33.7 Å². The molecular weight excluding hydrogens is 856 g/mol. The lowest BCUT2D eigenvalue weighted by Gasteiger charge is -2.32. The van der Waals surface area contributed by atoms with Gasteiger partial charge in [0.05, 0.1) is 50.5 Å². The van der Waals surface area contributed by atoms with Crippen LogP contribution in [0.15, 0.2) is 67.1 Å². The maximum atomic E-state index is 16.1. The Morgan fingerprint density at radius 1 is 0.984 bits per heavy atom. The molecule has 0 bridgehead atoms. The molecule has 6 heterocycles. The van der Waals surface area contributed by atoms with Crippen LogP contribution in [-0.2, 0) is 36.4 Å². The van der Waals surface area contributed by atoms with Crippen molar-refractivity contribution in [2.75, 3.05) is 46.9 Å². The van der Waals surface area contributed by atoms with Crippen LogP contribution in [0.25, 0.3) is 21.8 Å². The van der Waals surface area contributed by atoms with Crippen LogP contribution in [0.1, 0.15) is 89.1 Å². The van der Waals surface area contributed by atoms with Crippen LogP contribution < -0.4 is 20.3 Å². The predicted molar refractivity (Wildman–Crippen MR) is 246 cm³/mol. The lowest BCUT2D eigenvalue weighted by Crippen LogP contribution is -2.40. The van der Waals surface area contributed by atoms with Gasteiger partial charge in [-0.05, 0) is 79.8 Å². The van der Waals surface area contributed by atoms with E-state index in [-0.39, 0.29) is 52.0 Å². The molecule has 3 aliphatic heterocycles. The number of sulfonamides is 1. The summed E-state index contributed by atoms with van der Waals surface area (Å²) in [6.07, 6.45) is 9.81. The van der Waals surface area contributed by atoms with Gasteiger partial charge in [-0.2, -0.15) is 5.10 Å². The molecule has 15 nitrogen and oxygen atoms in total. The van der Waals surface area contributed by atoms with Gasteiger partial charge in [-0.25, -0.2) is 27.8 Å². The number of carbonyl (C=O) groups is 3. The number of benzene rings is 2. The fourth-order valence-electron chi connectivity index (χ4n) is 8.65. The third kappa shape index (κ3) is 10.4. The smallest absolute Gasteiger partial charge is 0.234 e. The zero-order valence-electron chi connectivity index (χ0n) is 36.6. The Hall–Kier alpha value is -5.75. The molecule has 1 unspecified atom stereocenters. The minimum Gasteiger partial charge on any atom is -0.371 e. The Bertz CT molecular complexity index is 2620. The minimum atomic E-state index is -3.72. The van der Waals surface area contributed by atoms with Crippen molar-refractivity contribution in [1.82, 2.24) is 34.9 Å². The summed E-state index contributed by atoms with van der Waals surface area (Å²) in [4.78, 5) is 56.4. The van der Waals surface area contributed by atoms with Gasteiger partial charge in [-0.1, -0.05) is 45.9 Å². The normalized spacial score (nSPS) is 18.6. The molecule has 64 heavy (non-hydrogen) atoms. The summed E-state index contributed by atoms with van der Waals surface area (Å²) in [6.45, 7) is 11.7. The minimum absolute atomic E-state index is 0.122. The van der Waals surface area contributed by atoms with E-state index in [4.69, 9.17) is 9.97 Å². The summed E-state index contributed by atoms with van der Waals surface area (Å²) in [5.41, 5.74) is 3.30. The SMILES string of the molecule is CCCS(=O)(=O)Nc1cccc(-c2nc(C(C)(C)C)sc2-c2ccnc(Nc3cnn(CC4CCN(C(=O)C[C@H]5CCN(c6ccc(C7CCC(=O)NC7=O)cc6)C5)CC4)c3)n2)c1F. The summed E-state index contributed by atoms with van der Waals surface area (Å²) >= 11 is 1.41. The largest absolute Gasteiger partial charge is 0.371 e. The molecule has 0 saturated carbocycles. The zero-order chi connectivity index (χ0) is 45.2. The third-order valence-electron chi connectivity index (χ3n) is 12.1. The van der Waals surface area contributed by atoms with E-state index >= 15 is 4.39 Å². The molecular formula is C46H55FN10O5S2. The highest BCUT2D eigenvalue weighted by atomic mass is 32.2. The molecule has 3 saturated heterocycles. The first kappa shape index (κ1) is 44.8. The molecule has 2 atom stereocenters. The molecule has 3 N–H and O–H groups in total. The van der Waals surface area contributed by atoms with Gasteiger partial charge in [0.1, 0.15) is 0 Å². The molecule has 18 heteroatoms. The number of piperidine rings is 2. The first-order chi connectivity index (χ1) is 30.6. The number of thiazole rings is 1.